The minimum absolute atomic E-state index is 0.396. The molecule has 0 fully saturated rings. The highest BCUT2D eigenvalue weighted by molar-refractivity contribution is 7.84. The third kappa shape index (κ3) is 2.54. The average Bonchev–Trinajstić information content (AvgIpc) is 2.67. The van der Waals surface area contributed by atoms with Gasteiger partial charge in [-0.15, -0.1) is 0 Å². The summed E-state index contributed by atoms with van der Waals surface area (Å²) < 4.78 is 33.1. The molecule has 1 aromatic carbocycles. The topological polar surface area (TPSA) is 72.2 Å². The molecular formula is C12H16N2O3S. The lowest BCUT2D eigenvalue weighted by Gasteiger charge is -2.04. The second-order valence-electron chi connectivity index (χ2n) is 4.22. The van der Waals surface area contributed by atoms with E-state index in [1.54, 1.807) is 24.3 Å². The molecule has 0 aliphatic heterocycles. The van der Waals surface area contributed by atoms with Crippen LogP contribution in [0.15, 0.2) is 24.3 Å². The summed E-state index contributed by atoms with van der Waals surface area (Å²) >= 11 is 0. The van der Waals surface area contributed by atoms with Crippen molar-refractivity contribution in [2.75, 3.05) is 0 Å². The number of para-hydroxylation sites is 2. The highest BCUT2D eigenvalue weighted by Gasteiger charge is 2.18. The van der Waals surface area contributed by atoms with Crippen LogP contribution in [0.5, 0.6) is 0 Å². The molecule has 1 N–H and O–H groups in total. The van der Waals surface area contributed by atoms with E-state index in [2.05, 4.69) is 11.9 Å². The minimum atomic E-state index is -4.30. The van der Waals surface area contributed by atoms with Crippen LogP contribution < -0.4 is 0 Å². The second-order valence-corrected chi connectivity index (χ2v) is 5.48. The largest absolute Gasteiger partial charge is 0.365 e. The van der Waals surface area contributed by atoms with Crippen LogP contribution >= 0.6 is 0 Å². The van der Waals surface area contributed by atoms with E-state index in [0.29, 0.717) is 23.3 Å². The van der Waals surface area contributed by atoms with Crippen LogP contribution in [0.3, 0.4) is 0 Å². The van der Waals surface area contributed by atoms with E-state index in [-0.39, 0.29) is 0 Å². The fourth-order valence-electron chi connectivity index (χ4n) is 2.00. The van der Waals surface area contributed by atoms with Crippen LogP contribution in [0.25, 0.3) is 11.0 Å². The van der Waals surface area contributed by atoms with Crippen molar-refractivity contribution in [1.82, 2.24) is 8.96 Å². The zero-order valence-corrected chi connectivity index (χ0v) is 11.0. The first kappa shape index (κ1) is 13.0. The van der Waals surface area contributed by atoms with Crippen molar-refractivity contribution in [2.45, 2.75) is 32.6 Å². The number of imidazole rings is 1. The Labute approximate surface area is 106 Å². The quantitative estimate of drug-likeness (QED) is 0.667. The van der Waals surface area contributed by atoms with Crippen LogP contribution in [0, 0.1) is 0 Å². The Bertz CT molecular complexity index is 646. The van der Waals surface area contributed by atoms with Gasteiger partial charge in [0, 0.05) is 6.42 Å². The number of aryl methyl sites for hydroxylation is 1. The molecule has 0 aliphatic rings. The summed E-state index contributed by atoms with van der Waals surface area (Å²) in [6, 6.07) is 6.89. The molecule has 0 spiro atoms. The van der Waals surface area contributed by atoms with Crippen LogP contribution in [0.4, 0.5) is 0 Å². The lowest BCUT2D eigenvalue weighted by atomic mass is 10.2. The van der Waals surface area contributed by atoms with Gasteiger partial charge in [-0.1, -0.05) is 31.9 Å². The molecular weight excluding hydrogens is 252 g/mol. The standard InChI is InChI=1S/C12H16N2O3S/c1-2-3-4-9-12-13-10-7-5-6-8-11(10)14(12)18(15,16)17/h5-8H,2-4,9H2,1H3,(H,15,16,17). The molecule has 0 saturated heterocycles. The average molecular weight is 268 g/mol. The maximum absolute atomic E-state index is 11.4. The fourth-order valence-corrected chi connectivity index (χ4v) is 2.80. The van der Waals surface area contributed by atoms with Crippen molar-refractivity contribution in [1.29, 1.82) is 0 Å². The van der Waals surface area contributed by atoms with Gasteiger partial charge in [0.05, 0.1) is 11.0 Å². The number of hydrogen-bond donors (Lipinski definition) is 1. The Morgan fingerprint density at radius 1 is 1.28 bits per heavy atom. The molecule has 2 rings (SSSR count). The minimum Gasteiger partial charge on any atom is -0.269 e. The van der Waals surface area contributed by atoms with Crippen LogP contribution in [-0.2, 0) is 16.7 Å². The molecule has 0 radical (unpaired) electrons. The fraction of sp³-hybridized carbons (Fsp3) is 0.417. The Morgan fingerprint density at radius 2 is 2.00 bits per heavy atom. The molecule has 0 aliphatic carbocycles. The molecule has 98 valence electrons. The molecule has 5 nitrogen and oxygen atoms in total. The first-order chi connectivity index (χ1) is 8.54. The van der Waals surface area contributed by atoms with Crippen molar-refractivity contribution in [3.05, 3.63) is 30.1 Å². The number of fused-ring (bicyclic) bond motifs is 1. The van der Waals surface area contributed by atoms with Crippen molar-refractivity contribution in [3.8, 4) is 0 Å². The molecule has 0 unspecified atom stereocenters. The van der Waals surface area contributed by atoms with Crippen molar-refractivity contribution in [2.24, 2.45) is 0 Å². The highest BCUT2D eigenvalue weighted by Crippen LogP contribution is 2.19. The first-order valence-corrected chi connectivity index (χ1v) is 7.38. The zero-order chi connectivity index (χ0) is 13.2. The van der Waals surface area contributed by atoms with Gasteiger partial charge in [-0.2, -0.15) is 8.42 Å². The smallest absolute Gasteiger partial charge is 0.269 e. The summed E-state index contributed by atoms with van der Waals surface area (Å²) in [5.74, 6) is 0.396. The van der Waals surface area contributed by atoms with Crippen molar-refractivity contribution < 1.29 is 13.0 Å². The number of aromatic nitrogens is 2. The third-order valence-electron chi connectivity index (χ3n) is 2.82. The normalized spacial score (nSPS) is 12.1. The van der Waals surface area contributed by atoms with Crippen molar-refractivity contribution >= 4 is 21.3 Å². The van der Waals surface area contributed by atoms with Gasteiger partial charge in [0.15, 0.2) is 0 Å². The maximum Gasteiger partial charge on any atom is 0.365 e. The van der Waals surface area contributed by atoms with E-state index in [0.717, 1.165) is 23.2 Å². The Hall–Kier alpha value is -1.40. The first-order valence-electron chi connectivity index (χ1n) is 5.98. The Balaban J connectivity index is 2.51. The summed E-state index contributed by atoms with van der Waals surface area (Å²) in [7, 11) is -4.30. The number of hydrogen-bond acceptors (Lipinski definition) is 3. The molecule has 0 amide bonds. The van der Waals surface area contributed by atoms with E-state index >= 15 is 0 Å². The highest BCUT2D eigenvalue weighted by atomic mass is 32.2. The molecule has 0 saturated carbocycles. The summed E-state index contributed by atoms with van der Waals surface area (Å²) in [5, 5.41) is 0. The Kier molecular flexibility index (Phi) is 3.68. The lowest BCUT2D eigenvalue weighted by molar-refractivity contribution is 0.471. The monoisotopic (exact) mass is 268 g/mol. The van der Waals surface area contributed by atoms with Gasteiger partial charge < -0.3 is 0 Å². The summed E-state index contributed by atoms with van der Waals surface area (Å²) in [6.07, 6.45) is 3.46. The van der Waals surface area contributed by atoms with Crippen LogP contribution in [0.1, 0.15) is 32.0 Å². The predicted molar refractivity (Wildman–Crippen MR) is 69.9 cm³/mol. The van der Waals surface area contributed by atoms with E-state index in [1.165, 1.54) is 0 Å². The van der Waals surface area contributed by atoms with Gasteiger partial charge in [-0.3, -0.25) is 4.55 Å². The number of rotatable bonds is 5. The van der Waals surface area contributed by atoms with Gasteiger partial charge in [-0.05, 0) is 18.6 Å². The third-order valence-corrected chi connectivity index (χ3v) is 3.69. The molecule has 2 aromatic rings. The van der Waals surface area contributed by atoms with Crippen LogP contribution in [0.2, 0.25) is 0 Å². The number of nitrogens with zero attached hydrogens (tertiary/aromatic N) is 2. The van der Waals surface area contributed by atoms with Gasteiger partial charge in [0.25, 0.3) is 0 Å². The van der Waals surface area contributed by atoms with Crippen molar-refractivity contribution in [3.63, 3.8) is 0 Å². The molecule has 1 aromatic heterocycles. The lowest BCUT2D eigenvalue weighted by Crippen LogP contribution is -2.14. The Morgan fingerprint density at radius 3 is 2.67 bits per heavy atom. The summed E-state index contributed by atoms with van der Waals surface area (Å²) in [5.41, 5.74) is 1.01. The second kappa shape index (κ2) is 5.07. The zero-order valence-electron chi connectivity index (χ0n) is 10.2. The van der Waals surface area contributed by atoms with E-state index in [1.807, 2.05) is 0 Å². The molecule has 0 atom stereocenters. The summed E-state index contributed by atoms with van der Waals surface area (Å²) in [6.45, 7) is 2.08. The maximum atomic E-state index is 11.4. The van der Waals surface area contributed by atoms with E-state index < -0.39 is 10.3 Å². The van der Waals surface area contributed by atoms with Gasteiger partial charge in [-0.25, -0.2) is 8.96 Å². The number of benzene rings is 1. The van der Waals surface area contributed by atoms with E-state index in [9.17, 15) is 13.0 Å². The number of unbranched alkanes of at least 4 members (excludes halogenated alkanes) is 2. The molecule has 0 bridgehead atoms. The van der Waals surface area contributed by atoms with E-state index in [4.69, 9.17) is 0 Å². The van der Waals surface area contributed by atoms with Gasteiger partial charge in [0.2, 0.25) is 0 Å². The molecule has 1 heterocycles. The SMILES string of the molecule is CCCCCc1nc2ccccc2n1S(=O)(=O)O. The summed E-state index contributed by atoms with van der Waals surface area (Å²) in [4.78, 5) is 4.27. The molecule has 18 heavy (non-hydrogen) atoms. The van der Waals surface area contributed by atoms with Crippen LogP contribution in [-0.4, -0.2) is 21.9 Å². The van der Waals surface area contributed by atoms with Gasteiger partial charge in [0.1, 0.15) is 5.82 Å². The predicted octanol–water partition coefficient (Wildman–Crippen LogP) is 2.42. The molecule has 6 heteroatoms. The van der Waals surface area contributed by atoms with Gasteiger partial charge >= 0.3 is 10.3 Å².